The van der Waals surface area contributed by atoms with Crippen molar-refractivity contribution < 1.29 is 5.21 Å². The molecule has 0 saturated heterocycles. The van der Waals surface area contributed by atoms with Crippen LogP contribution in [0.1, 0.15) is 0 Å². The third-order valence-electron chi connectivity index (χ3n) is 0.0598. The molecule has 0 aliphatic rings. The van der Waals surface area contributed by atoms with Crippen LogP contribution in [0.2, 0.25) is 0 Å². The van der Waals surface area contributed by atoms with Crippen molar-refractivity contribution in [2.45, 2.75) is 0 Å². The van der Waals surface area contributed by atoms with E-state index in [-0.39, 0.29) is 0 Å². The Morgan fingerprint density at radius 3 is 2.25 bits per heavy atom. The number of alkyl halides is 1. The molecule has 0 saturated carbocycles. The Kier molecular flexibility index (Phi) is 3.74. The third-order valence-corrected chi connectivity index (χ3v) is 0.311. The molecular formula is CH4BrNO. The molecule has 2 nitrogen and oxygen atoms in total. The van der Waals surface area contributed by atoms with Crippen LogP contribution in [0.3, 0.4) is 0 Å². The van der Waals surface area contributed by atoms with Crippen molar-refractivity contribution in [3.8, 4) is 0 Å². The predicted octanol–water partition coefficient (Wildman–Crippen LogP) is 0.318. The third kappa shape index (κ3) is 2.40. The minimum atomic E-state index is 0.438. The fraction of sp³-hybridized carbons (Fsp3) is 1.00. The first kappa shape index (κ1) is 4.40. The summed E-state index contributed by atoms with van der Waals surface area (Å²) >= 11 is 2.89. The summed E-state index contributed by atoms with van der Waals surface area (Å²) < 4.78 is 0. The highest BCUT2D eigenvalue weighted by Crippen LogP contribution is 1.63. The molecule has 0 radical (unpaired) electrons. The molecule has 0 aromatic rings. The van der Waals surface area contributed by atoms with Gasteiger partial charge in [-0.3, -0.25) is 0 Å². The molecule has 0 aliphatic heterocycles. The Labute approximate surface area is 32.9 Å². The highest BCUT2D eigenvalue weighted by Gasteiger charge is 1.54. The molecule has 3 heteroatoms. The molecule has 0 aromatic carbocycles. The van der Waals surface area contributed by atoms with Crippen LogP contribution >= 0.6 is 15.9 Å². The summed E-state index contributed by atoms with van der Waals surface area (Å²) in [4.78, 5) is 0. The van der Waals surface area contributed by atoms with E-state index in [9.17, 15) is 0 Å². The molecule has 2 N–H and O–H groups in total. The lowest BCUT2D eigenvalue weighted by Gasteiger charge is -1.73. The van der Waals surface area contributed by atoms with Crippen LogP contribution < -0.4 is 5.48 Å². The van der Waals surface area contributed by atoms with E-state index < -0.39 is 0 Å². The van der Waals surface area contributed by atoms with Gasteiger partial charge in [-0.1, -0.05) is 15.9 Å². The van der Waals surface area contributed by atoms with Crippen molar-refractivity contribution in [1.82, 2.24) is 5.48 Å². The zero-order valence-corrected chi connectivity index (χ0v) is 3.62. The summed E-state index contributed by atoms with van der Waals surface area (Å²) in [5.41, 5.74) is 2.28. The van der Waals surface area contributed by atoms with Crippen LogP contribution in [0.15, 0.2) is 0 Å². The van der Waals surface area contributed by atoms with Crippen molar-refractivity contribution in [1.29, 1.82) is 0 Å². The Morgan fingerprint density at radius 2 is 2.25 bits per heavy atom. The monoisotopic (exact) mass is 125 g/mol. The average Bonchev–Trinajstić information content (AvgIpc) is 1.37. The maximum absolute atomic E-state index is 7.58. The first-order valence-corrected chi connectivity index (χ1v) is 1.97. The molecule has 0 aliphatic carbocycles. The van der Waals surface area contributed by atoms with Gasteiger partial charge in [0.25, 0.3) is 0 Å². The molecule has 4 heavy (non-hydrogen) atoms. The average molecular weight is 126 g/mol. The summed E-state index contributed by atoms with van der Waals surface area (Å²) in [5.74, 6) is 0. The summed E-state index contributed by atoms with van der Waals surface area (Å²) in [6, 6.07) is 0. The zero-order valence-electron chi connectivity index (χ0n) is 2.03. The first-order valence-electron chi connectivity index (χ1n) is 0.844. The van der Waals surface area contributed by atoms with Gasteiger partial charge in [0.15, 0.2) is 0 Å². The van der Waals surface area contributed by atoms with Crippen LogP contribution in [0.4, 0.5) is 0 Å². The number of hydrogen-bond donors (Lipinski definition) is 2. The molecule has 0 rings (SSSR count). The molecule has 0 bridgehead atoms. The standard InChI is InChI=1S/CH4BrNO/c2-1-3-4/h3-4H,1H2. The molecule has 26 valence electrons. The molecule has 0 unspecified atom stereocenters. The Morgan fingerprint density at radius 1 is 2.00 bits per heavy atom. The SMILES string of the molecule is ONCBr. The lowest BCUT2D eigenvalue weighted by atomic mass is 11.5. The van der Waals surface area contributed by atoms with Crippen LogP contribution in [0.5, 0.6) is 0 Å². The van der Waals surface area contributed by atoms with Gasteiger partial charge in [0, 0.05) is 0 Å². The molecule has 0 heterocycles. The van der Waals surface area contributed by atoms with Gasteiger partial charge in [0.2, 0.25) is 0 Å². The molecule has 0 spiro atoms. The molecule has 0 amide bonds. The van der Waals surface area contributed by atoms with Gasteiger partial charge in [0.05, 0.1) is 5.45 Å². The van der Waals surface area contributed by atoms with Gasteiger partial charge in [0.1, 0.15) is 0 Å². The van der Waals surface area contributed by atoms with Crippen molar-refractivity contribution in [2.24, 2.45) is 0 Å². The van der Waals surface area contributed by atoms with Gasteiger partial charge in [-0.25, -0.2) is 0 Å². The summed E-state index contributed by atoms with van der Waals surface area (Å²) in [7, 11) is 0. The quantitative estimate of drug-likeness (QED) is 0.301. The lowest BCUT2D eigenvalue weighted by Crippen LogP contribution is -1.99. The zero-order chi connectivity index (χ0) is 3.41. The smallest absolute Gasteiger partial charge is 0.0761 e. The van der Waals surface area contributed by atoms with Crippen LogP contribution in [0, 0.1) is 0 Å². The first-order chi connectivity index (χ1) is 1.91. The number of hydrogen-bond acceptors (Lipinski definition) is 2. The van der Waals surface area contributed by atoms with Gasteiger partial charge in [-0.2, -0.15) is 5.48 Å². The Hall–Kier alpha value is 0.400. The van der Waals surface area contributed by atoms with Crippen molar-refractivity contribution >= 4 is 15.9 Å². The van der Waals surface area contributed by atoms with Crippen LogP contribution in [0.25, 0.3) is 0 Å². The number of rotatable bonds is 1. The van der Waals surface area contributed by atoms with Gasteiger partial charge >= 0.3 is 0 Å². The normalized spacial score (nSPS) is 7.50. The number of halogens is 1. The second-order valence-electron chi connectivity index (χ2n) is 0.292. The second kappa shape index (κ2) is 3.40. The molecule has 0 fully saturated rings. The van der Waals surface area contributed by atoms with E-state index in [0.29, 0.717) is 5.45 Å². The molecule has 0 atom stereocenters. The maximum Gasteiger partial charge on any atom is 0.0761 e. The topological polar surface area (TPSA) is 32.3 Å². The summed E-state index contributed by atoms with van der Waals surface area (Å²) in [6.07, 6.45) is 0. The summed E-state index contributed by atoms with van der Waals surface area (Å²) in [6.45, 7) is 0. The van der Waals surface area contributed by atoms with Crippen molar-refractivity contribution in [3.05, 3.63) is 0 Å². The van der Waals surface area contributed by atoms with Crippen LogP contribution in [-0.2, 0) is 0 Å². The van der Waals surface area contributed by atoms with Crippen molar-refractivity contribution in [3.63, 3.8) is 0 Å². The fourth-order valence-electron chi connectivity index (χ4n) is 0. The van der Waals surface area contributed by atoms with E-state index in [1.165, 1.54) is 0 Å². The fourth-order valence-corrected chi connectivity index (χ4v) is 0. The lowest BCUT2D eigenvalue weighted by molar-refractivity contribution is 0.189. The maximum atomic E-state index is 7.58. The van der Waals surface area contributed by atoms with E-state index in [1.807, 2.05) is 5.48 Å². The predicted molar refractivity (Wildman–Crippen MR) is 18.7 cm³/mol. The van der Waals surface area contributed by atoms with E-state index >= 15 is 0 Å². The Balaban J connectivity index is 1.97. The van der Waals surface area contributed by atoms with E-state index in [4.69, 9.17) is 5.21 Å². The minimum absolute atomic E-state index is 0.438. The van der Waals surface area contributed by atoms with Gasteiger partial charge in [-0.05, 0) is 0 Å². The Bertz CT molecular complexity index is 10.0. The second-order valence-corrected chi connectivity index (χ2v) is 0.852. The van der Waals surface area contributed by atoms with Crippen LogP contribution in [-0.4, -0.2) is 10.7 Å². The highest BCUT2D eigenvalue weighted by atomic mass is 79.9. The number of hydroxylamine groups is 1. The van der Waals surface area contributed by atoms with Crippen molar-refractivity contribution in [2.75, 3.05) is 5.45 Å². The number of nitrogens with one attached hydrogen (secondary N) is 1. The van der Waals surface area contributed by atoms with Gasteiger partial charge < -0.3 is 5.21 Å². The van der Waals surface area contributed by atoms with E-state index in [2.05, 4.69) is 15.9 Å². The summed E-state index contributed by atoms with van der Waals surface area (Å²) in [5, 5.41) is 7.58. The minimum Gasteiger partial charge on any atom is -0.316 e. The largest absolute Gasteiger partial charge is 0.316 e. The van der Waals surface area contributed by atoms with Gasteiger partial charge in [-0.15, -0.1) is 0 Å². The highest BCUT2D eigenvalue weighted by molar-refractivity contribution is 9.09. The molecule has 0 aromatic heterocycles. The molecular weight excluding hydrogens is 122 g/mol. The van der Waals surface area contributed by atoms with E-state index in [1.54, 1.807) is 0 Å². The van der Waals surface area contributed by atoms with E-state index in [0.717, 1.165) is 0 Å².